The zero-order valence-corrected chi connectivity index (χ0v) is 16.0. The van der Waals surface area contributed by atoms with E-state index in [1.165, 1.54) is 23.7 Å². The maximum absolute atomic E-state index is 12.4. The molecule has 2 heterocycles. The number of nitriles is 1. The van der Waals surface area contributed by atoms with Gasteiger partial charge in [0.05, 0.1) is 5.69 Å². The average molecular weight is 400 g/mol. The number of anilines is 1. The summed E-state index contributed by atoms with van der Waals surface area (Å²) in [5.41, 5.74) is 0.750. The highest BCUT2D eigenvalue weighted by molar-refractivity contribution is 8.03. The normalized spacial score (nSPS) is 17.5. The summed E-state index contributed by atoms with van der Waals surface area (Å²) in [6.45, 7) is -1.34. The van der Waals surface area contributed by atoms with E-state index in [9.17, 15) is 24.4 Å². The van der Waals surface area contributed by atoms with Crippen molar-refractivity contribution in [1.82, 2.24) is 9.80 Å². The van der Waals surface area contributed by atoms with Crippen LogP contribution in [0.15, 0.2) is 39.8 Å². The fourth-order valence-electron chi connectivity index (χ4n) is 2.77. The van der Waals surface area contributed by atoms with Crippen molar-refractivity contribution in [2.24, 2.45) is 0 Å². The van der Waals surface area contributed by atoms with Crippen LogP contribution in [0.2, 0.25) is 0 Å². The van der Waals surface area contributed by atoms with E-state index in [2.05, 4.69) is 0 Å². The Morgan fingerprint density at radius 1 is 1.25 bits per heavy atom. The van der Waals surface area contributed by atoms with E-state index in [4.69, 9.17) is 4.74 Å². The number of imide groups is 1. The van der Waals surface area contributed by atoms with Gasteiger partial charge >= 0.3 is 12.0 Å². The van der Waals surface area contributed by atoms with Crippen LogP contribution in [0.3, 0.4) is 0 Å². The summed E-state index contributed by atoms with van der Waals surface area (Å²) in [5, 5.41) is 9.89. The van der Waals surface area contributed by atoms with Crippen LogP contribution in [0.25, 0.3) is 0 Å². The summed E-state index contributed by atoms with van der Waals surface area (Å²) >= 11 is 1.29. The monoisotopic (exact) mass is 400 g/mol. The number of thioether (sulfide) groups is 1. The Hall–Kier alpha value is -3.32. The SMILES string of the molecule is CN1CC(=O)N(CC(=O)OCC(=O)/C(C#N)=C2/Sc3ccccc3N2C)C1=O. The van der Waals surface area contributed by atoms with Gasteiger partial charge in [-0.25, -0.2) is 4.79 Å². The fraction of sp³-hybridized carbons (Fsp3) is 0.278. The van der Waals surface area contributed by atoms with Crippen molar-refractivity contribution in [3.63, 3.8) is 0 Å². The predicted molar refractivity (Wildman–Crippen MR) is 99.0 cm³/mol. The molecule has 0 unspecified atom stereocenters. The molecule has 144 valence electrons. The van der Waals surface area contributed by atoms with Crippen LogP contribution in [0.5, 0.6) is 0 Å². The molecule has 1 aromatic carbocycles. The quantitative estimate of drug-likeness (QED) is 0.311. The number of urea groups is 1. The lowest BCUT2D eigenvalue weighted by Gasteiger charge is -2.15. The first kappa shape index (κ1) is 19.4. The minimum absolute atomic E-state index is 0.111. The van der Waals surface area contributed by atoms with Crippen LogP contribution in [-0.2, 0) is 19.1 Å². The lowest BCUT2D eigenvalue weighted by Crippen LogP contribution is -2.37. The van der Waals surface area contributed by atoms with E-state index < -0.39 is 36.8 Å². The molecule has 9 nitrogen and oxygen atoms in total. The molecule has 1 aromatic rings. The third kappa shape index (κ3) is 3.57. The van der Waals surface area contributed by atoms with Crippen LogP contribution >= 0.6 is 11.8 Å². The van der Waals surface area contributed by atoms with Crippen molar-refractivity contribution < 1.29 is 23.9 Å². The van der Waals surface area contributed by atoms with Crippen LogP contribution in [0.4, 0.5) is 10.5 Å². The van der Waals surface area contributed by atoms with Crippen LogP contribution in [0, 0.1) is 11.3 Å². The Labute approximate surface area is 165 Å². The summed E-state index contributed by atoms with van der Waals surface area (Å²) in [6, 6.07) is 8.74. The topological polar surface area (TPSA) is 111 Å². The Kier molecular flexibility index (Phi) is 5.37. The van der Waals surface area contributed by atoms with E-state index in [1.807, 2.05) is 30.3 Å². The van der Waals surface area contributed by atoms with E-state index in [0.29, 0.717) is 5.03 Å². The zero-order valence-electron chi connectivity index (χ0n) is 15.2. The first-order valence-corrected chi connectivity index (χ1v) is 9.04. The van der Waals surface area contributed by atoms with Gasteiger partial charge in [-0.05, 0) is 12.1 Å². The molecule has 0 aromatic heterocycles. The number of esters is 1. The van der Waals surface area contributed by atoms with Crippen molar-refractivity contribution in [3.05, 3.63) is 34.9 Å². The summed E-state index contributed by atoms with van der Waals surface area (Å²) in [6.07, 6.45) is 0. The number of para-hydroxylation sites is 1. The second kappa shape index (κ2) is 7.74. The van der Waals surface area contributed by atoms with Crippen molar-refractivity contribution in [2.45, 2.75) is 4.90 Å². The number of rotatable bonds is 5. The number of ether oxygens (including phenoxy) is 1. The summed E-state index contributed by atoms with van der Waals surface area (Å²) in [4.78, 5) is 52.4. The first-order chi connectivity index (χ1) is 13.3. The smallest absolute Gasteiger partial charge is 0.327 e. The molecule has 0 atom stereocenters. The molecule has 0 saturated carbocycles. The molecule has 0 N–H and O–H groups in total. The number of likely N-dealkylation sites (N-methyl/N-ethyl adjacent to an activating group) is 1. The molecular weight excluding hydrogens is 384 g/mol. The molecule has 1 fully saturated rings. The molecule has 3 rings (SSSR count). The van der Waals surface area contributed by atoms with E-state index in [0.717, 1.165) is 15.5 Å². The Bertz CT molecular complexity index is 952. The lowest BCUT2D eigenvalue weighted by molar-refractivity contribution is -0.149. The highest BCUT2D eigenvalue weighted by atomic mass is 32.2. The summed E-state index contributed by atoms with van der Waals surface area (Å²) < 4.78 is 4.89. The summed E-state index contributed by atoms with van der Waals surface area (Å²) in [7, 11) is 3.18. The number of nitrogens with zero attached hydrogens (tertiary/aromatic N) is 4. The molecule has 1 saturated heterocycles. The van der Waals surface area contributed by atoms with Gasteiger partial charge in [-0.1, -0.05) is 23.9 Å². The standard InChI is InChI=1S/C18H16N4O5S/c1-20-8-15(24)22(18(20)26)9-16(25)27-10-13(23)11(7-19)17-21(2)12-5-3-4-6-14(12)28-17/h3-6H,8-10H2,1-2H3/b17-11+. The van der Waals surface area contributed by atoms with E-state index >= 15 is 0 Å². The highest BCUT2D eigenvalue weighted by Gasteiger charge is 2.35. The van der Waals surface area contributed by atoms with E-state index in [-0.39, 0.29) is 12.1 Å². The minimum atomic E-state index is -0.900. The Morgan fingerprint density at radius 2 is 1.96 bits per heavy atom. The number of carbonyl (C=O) groups is 4. The largest absolute Gasteiger partial charge is 0.456 e. The van der Waals surface area contributed by atoms with Gasteiger partial charge in [0.1, 0.15) is 29.8 Å². The molecule has 3 amide bonds. The molecule has 0 aliphatic carbocycles. The first-order valence-electron chi connectivity index (χ1n) is 8.22. The third-order valence-electron chi connectivity index (χ3n) is 4.22. The van der Waals surface area contributed by atoms with Gasteiger partial charge in [0, 0.05) is 19.0 Å². The number of carbonyl (C=O) groups excluding carboxylic acids is 4. The maximum Gasteiger partial charge on any atom is 0.327 e. The van der Waals surface area contributed by atoms with Gasteiger partial charge in [0.2, 0.25) is 5.78 Å². The van der Waals surface area contributed by atoms with Crippen molar-refractivity contribution in [3.8, 4) is 6.07 Å². The Morgan fingerprint density at radius 3 is 2.57 bits per heavy atom. The van der Waals surface area contributed by atoms with E-state index in [1.54, 1.807) is 11.9 Å². The maximum atomic E-state index is 12.4. The fourth-order valence-corrected chi connectivity index (χ4v) is 3.93. The molecule has 2 aliphatic heterocycles. The number of Topliss-reactive ketones (excluding diaryl/α,β-unsaturated/α-hetero) is 1. The molecule has 0 bridgehead atoms. The highest BCUT2D eigenvalue weighted by Crippen LogP contribution is 2.46. The third-order valence-corrected chi connectivity index (χ3v) is 5.46. The van der Waals surface area contributed by atoms with Gasteiger partial charge in [0.25, 0.3) is 5.91 Å². The Balaban J connectivity index is 1.64. The minimum Gasteiger partial charge on any atom is -0.456 e. The predicted octanol–water partition coefficient (Wildman–Crippen LogP) is 0.970. The van der Waals surface area contributed by atoms with Gasteiger partial charge in [-0.15, -0.1) is 0 Å². The number of amides is 3. The molecule has 10 heteroatoms. The number of fused-ring (bicyclic) bond motifs is 1. The second-order valence-electron chi connectivity index (χ2n) is 6.12. The van der Waals surface area contributed by atoms with Crippen LogP contribution in [0.1, 0.15) is 0 Å². The number of hydrogen-bond acceptors (Lipinski definition) is 8. The molecule has 2 aliphatic rings. The molecule has 0 spiro atoms. The van der Waals surface area contributed by atoms with Gasteiger partial charge < -0.3 is 14.5 Å². The van der Waals surface area contributed by atoms with Gasteiger partial charge in [0.15, 0.2) is 6.61 Å². The second-order valence-corrected chi connectivity index (χ2v) is 7.15. The molecule has 28 heavy (non-hydrogen) atoms. The van der Waals surface area contributed by atoms with Gasteiger partial charge in [-0.2, -0.15) is 5.26 Å². The summed E-state index contributed by atoms with van der Waals surface area (Å²) in [5.74, 6) is -2.07. The number of ketones is 1. The zero-order chi connectivity index (χ0) is 20.4. The molecule has 0 radical (unpaired) electrons. The molecular formula is C18H16N4O5S. The van der Waals surface area contributed by atoms with Crippen LogP contribution < -0.4 is 4.90 Å². The number of hydrogen-bond donors (Lipinski definition) is 0. The van der Waals surface area contributed by atoms with Crippen molar-refractivity contribution in [2.75, 3.05) is 38.7 Å². The van der Waals surface area contributed by atoms with Crippen LogP contribution in [-0.4, -0.2) is 67.3 Å². The average Bonchev–Trinajstić information content (AvgIpc) is 3.12. The van der Waals surface area contributed by atoms with Crippen molar-refractivity contribution in [1.29, 1.82) is 5.26 Å². The van der Waals surface area contributed by atoms with Gasteiger partial charge in [-0.3, -0.25) is 19.3 Å². The lowest BCUT2D eigenvalue weighted by atomic mass is 10.2. The van der Waals surface area contributed by atoms with Crippen molar-refractivity contribution >= 4 is 41.1 Å². The number of benzene rings is 1.